The van der Waals surface area contributed by atoms with E-state index in [1.54, 1.807) is 0 Å². The average molecular weight is 220 g/mol. The summed E-state index contributed by atoms with van der Waals surface area (Å²) in [4.78, 5) is 4.31. The van der Waals surface area contributed by atoms with Crippen molar-refractivity contribution in [3.05, 3.63) is 30.1 Å². The number of ether oxygens (including phenoxy) is 1. The molecule has 0 saturated heterocycles. The molecule has 1 aliphatic rings. The smallest absolute Gasteiger partial charge is 0.0757 e. The highest BCUT2D eigenvalue weighted by Crippen LogP contribution is 2.35. The number of nitrogens with two attached hydrogens (primary N) is 1. The first kappa shape index (κ1) is 11.6. The van der Waals surface area contributed by atoms with Gasteiger partial charge >= 0.3 is 0 Å². The molecule has 0 aliphatic heterocycles. The van der Waals surface area contributed by atoms with Crippen molar-refractivity contribution in [1.29, 1.82) is 0 Å². The molecule has 1 fully saturated rings. The van der Waals surface area contributed by atoms with Crippen LogP contribution >= 0.6 is 0 Å². The summed E-state index contributed by atoms with van der Waals surface area (Å²) in [6.07, 6.45) is 5.37. The zero-order valence-electron chi connectivity index (χ0n) is 9.80. The van der Waals surface area contributed by atoms with Crippen LogP contribution in [0.2, 0.25) is 0 Å². The van der Waals surface area contributed by atoms with Gasteiger partial charge in [0.1, 0.15) is 0 Å². The Labute approximate surface area is 97.0 Å². The summed E-state index contributed by atoms with van der Waals surface area (Å²) in [7, 11) is 0. The third kappa shape index (κ3) is 3.03. The molecule has 2 atom stereocenters. The van der Waals surface area contributed by atoms with E-state index in [1.165, 1.54) is 12.8 Å². The van der Waals surface area contributed by atoms with Crippen molar-refractivity contribution in [3.8, 4) is 0 Å². The molecule has 1 saturated carbocycles. The second-order valence-corrected chi connectivity index (χ2v) is 4.45. The van der Waals surface area contributed by atoms with Crippen LogP contribution in [0.4, 0.5) is 0 Å². The van der Waals surface area contributed by atoms with E-state index in [9.17, 15) is 0 Å². The maximum atomic E-state index is 6.21. The van der Waals surface area contributed by atoms with E-state index < -0.39 is 0 Å². The van der Waals surface area contributed by atoms with E-state index in [-0.39, 0.29) is 12.1 Å². The molecule has 1 aliphatic carbocycles. The third-order valence-corrected chi connectivity index (χ3v) is 3.04. The van der Waals surface area contributed by atoms with Gasteiger partial charge in [0.15, 0.2) is 0 Å². The van der Waals surface area contributed by atoms with E-state index >= 15 is 0 Å². The number of aromatic nitrogens is 1. The molecule has 2 rings (SSSR count). The summed E-state index contributed by atoms with van der Waals surface area (Å²) >= 11 is 0. The largest absolute Gasteiger partial charge is 0.377 e. The van der Waals surface area contributed by atoms with Gasteiger partial charge in [-0.2, -0.15) is 0 Å². The molecule has 0 amide bonds. The van der Waals surface area contributed by atoms with Crippen molar-refractivity contribution in [2.45, 2.75) is 38.3 Å². The number of rotatable bonds is 6. The number of nitrogens with zero attached hydrogens (tertiary/aromatic N) is 1. The molecular formula is C13H20N2O. The van der Waals surface area contributed by atoms with Gasteiger partial charge in [-0.15, -0.1) is 0 Å². The molecule has 1 aromatic heterocycles. The van der Waals surface area contributed by atoms with Crippen LogP contribution in [0.1, 0.15) is 25.5 Å². The summed E-state index contributed by atoms with van der Waals surface area (Å²) in [6, 6.07) is 6.02. The molecule has 2 unspecified atom stereocenters. The van der Waals surface area contributed by atoms with Gasteiger partial charge in [-0.1, -0.05) is 6.07 Å². The summed E-state index contributed by atoms with van der Waals surface area (Å²) in [5.74, 6) is 0.679. The Morgan fingerprint density at radius 2 is 2.31 bits per heavy atom. The lowest BCUT2D eigenvalue weighted by Gasteiger charge is -2.23. The van der Waals surface area contributed by atoms with E-state index in [0.717, 1.165) is 18.7 Å². The second-order valence-electron chi connectivity index (χ2n) is 4.45. The normalized spacial score (nSPS) is 19.4. The van der Waals surface area contributed by atoms with Gasteiger partial charge < -0.3 is 10.5 Å². The third-order valence-electron chi connectivity index (χ3n) is 3.04. The Balaban J connectivity index is 1.92. The van der Waals surface area contributed by atoms with Crippen LogP contribution in [0.3, 0.4) is 0 Å². The summed E-state index contributed by atoms with van der Waals surface area (Å²) in [5.41, 5.74) is 7.27. The molecule has 0 bridgehead atoms. The van der Waals surface area contributed by atoms with Crippen molar-refractivity contribution >= 4 is 0 Å². The SMILES string of the molecule is CCOC(C(N)Cc1ccccn1)C1CC1. The minimum atomic E-state index is 0.0716. The van der Waals surface area contributed by atoms with Gasteiger partial charge in [0.2, 0.25) is 0 Å². The lowest BCUT2D eigenvalue weighted by atomic mass is 10.0. The number of hydrogen-bond acceptors (Lipinski definition) is 3. The molecule has 16 heavy (non-hydrogen) atoms. The standard InChI is InChI=1S/C13H20N2O/c1-2-16-13(10-6-7-10)12(14)9-11-5-3-4-8-15-11/h3-5,8,10,12-13H,2,6-7,9,14H2,1H3. The minimum Gasteiger partial charge on any atom is -0.377 e. The van der Waals surface area contributed by atoms with E-state index in [0.29, 0.717) is 5.92 Å². The first-order valence-corrected chi connectivity index (χ1v) is 6.08. The molecule has 1 aromatic rings. The lowest BCUT2D eigenvalue weighted by molar-refractivity contribution is 0.0286. The Hall–Kier alpha value is -0.930. The first-order valence-electron chi connectivity index (χ1n) is 6.08. The van der Waals surface area contributed by atoms with Gasteiger partial charge in [0, 0.05) is 31.0 Å². The maximum absolute atomic E-state index is 6.21. The van der Waals surface area contributed by atoms with Crippen molar-refractivity contribution in [2.24, 2.45) is 11.7 Å². The molecule has 0 spiro atoms. The summed E-state index contributed by atoms with van der Waals surface area (Å²) in [5, 5.41) is 0. The van der Waals surface area contributed by atoms with Crippen molar-refractivity contribution < 1.29 is 4.74 Å². The molecule has 1 heterocycles. The predicted molar refractivity (Wildman–Crippen MR) is 64.1 cm³/mol. The quantitative estimate of drug-likeness (QED) is 0.794. The van der Waals surface area contributed by atoms with Crippen molar-refractivity contribution in [1.82, 2.24) is 4.98 Å². The Morgan fingerprint density at radius 1 is 1.50 bits per heavy atom. The average Bonchev–Trinajstić information content (AvgIpc) is 3.11. The van der Waals surface area contributed by atoms with Crippen LogP contribution in [0.15, 0.2) is 24.4 Å². The van der Waals surface area contributed by atoms with E-state index in [2.05, 4.69) is 4.98 Å². The monoisotopic (exact) mass is 220 g/mol. The molecule has 0 radical (unpaired) electrons. The van der Waals surface area contributed by atoms with Gasteiger partial charge in [0.25, 0.3) is 0 Å². The van der Waals surface area contributed by atoms with Crippen LogP contribution in [0.5, 0.6) is 0 Å². The highest BCUT2D eigenvalue weighted by Gasteiger charge is 2.35. The number of pyridine rings is 1. The summed E-state index contributed by atoms with van der Waals surface area (Å²) in [6.45, 7) is 2.78. The Bertz CT molecular complexity index is 311. The number of hydrogen-bond donors (Lipinski definition) is 1. The fraction of sp³-hybridized carbons (Fsp3) is 0.615. The van der Waals surface area contributed by atoms with Crippen LogP contribution in [-0.4, -0.2) is 23.7 Å². The van der Waals surface area contributed by atoms with Crippen LogP contribution in [0, 0.1) is 5.92 Å². The fourth-order valence-electron chi connectivity index (χ4n) is 2.10. The van der Waals surface area contributed by atoms with Crippen molar-refractivity contribution in [3.63, 3.8) is 0 Å². The van der Waals surface area contributed by atoms with E-state index in [4.69, 9.17) is 10.5 Å². The highest BCUT2D eigenvalue weighted by atomic mass is 16.5. The zero-order valence-corrected chi connectivity index (χ0v) is 9.80. The molecule has 88 valence electrons. The molecule has 2 N–H and O–H groups in total. The highest BCUT2D eigenvalue weighted by molar-refractivity contribution is 5.06. The van der Waals surface area contributed by atoms with Crippen LogP contribution in [-0.2, 0) is 11.2 Å². The van der Waals surface area contributed by atoms with Crippen molar-refractivity contribution in [2.75, 3.05) is 6.61 Å². The summed E-state index contributed by atoms with van der Waals surface area (Å²) < 4.78 is 5.75. The first-order chi connectivity index (χ1) is 7.81. The second kappa shape index (κ2) is 5.41. The zero-order chi connectivity index (χ0) is 11.4. The predicted octanol–water partition coefficient (Wildman–Crippen LogP) is 1.77. The van der Waals surface area contributed by atoms with Crippen LogP contribution in [0.25, 0.3) is 0 Å². The molecular weight excluding hydrogens is 200 g/mol. The maximum Gasteiger partial charge on any atom is 0.0757 e. The lowest BCUT2D eigenvalue weighted by Crippen LogP contribution is -2.40. The van der Waals surface area contributed by atoms with Gasteiger partial charge in [-0.05, 0) is 37.8 Å². The van der Waals surface area contributed by atoms with Gasteiger partial charge in [-0.25, -0.2) is 0 Å². The Kier molecular flexibility index (Phi) is 3.91. The fourth-order valence-corrected chi connectivity index (χ4v) is 2.10. The molecule has 3 heteroatoms. The van der Waals surface area contributed by atoms with E-state index in [1.807, 2.05) is 31.3 Å². The minimum absolute atomic E-state index is 0.0716. The van der Waals surface area contributed by atoms with Crippen LogP contribution < -0.4 is 5.73 Å². The van der Waals surface area contributed by atoms with Gasteiger partial charge in [-0.3, -0.25) is 4.98 Å². The van der Waals surface area contributed by atoms with Gasteiger partial charge in [0.05, 0.1) is 6.10 Å². The molecule has 0 aromatic carbocycles. The Morgan fingerprint density at radius 3 is 2.88 bits per heavy atom. The topological polar surface area (TPSA) is 48.1 Å². The molecule has 3 nitrogen and oxygen atoms in total.